The van der Waals surface area contributed by atoms with Crippen molar-refractivity contribution < 1.29 is 43.3 Å². The van der Waals surface area contributed by atoms with Gasteiger partial charge in [0.1, 0.15) is 0 Å². The summed E-state index contributed by atoms with van der Waals surface area (Å²) in [6.07, 6.45) is 0.875. The average Bonchev–Trinajstić information content (AvgIpc) is 1.37. The molecule has 4 nitrogen and oxygen atoms in total. The zero-order valence-electron chi connectivity index (χ0n) is 4.86. The molecule has 0 saturated heterocycles. The van der Waals surface area contributed by atoms with Crippen LogP contribution in [0.4, 0.5) is 0 Å². The number of aliphatic hydroxyl groups is 1. The van der Waals surface area contributed by atoms with E-state index in [0.717, 1.165) is 6.42 Å². The quantitative estimate of drug-likeness (QED) is 0.437. The van der Waals surface area contributed by atoms with Crippen LogP contribution < -0.4 is 0 Å². The second kappa shape index (κ2) is 49.7. The van der Waals surface area contributed by atoms with Gasteiger partial charge in [0.15, 0.2) is 0 Å². The van der Waals surface area contributed by atoms with Crippen LogP contribution in [0.1, 0.15) is 13.3 Å². The predicted octanol–water partition coefficient (Wildman–Crippen LogP) is -2.09. The Balaban J connectivity index is -0.00000000750. The molecule has 0 unspecified atom stereocenters. The van der Waals surface area contributed by atoms with Crippen molar-refractivity contribution in [1.29, 1.82) is 0 Å². The minimum Gasteiger partial charge on any atom is -0.412 e. The summed E-state index contributed by atoms with van der Waals surface area (Å²) < 4.78 is 0. The molecule has 8 heavy (non-hydrogen) atoms. The first-order valence-corrected chi connectivity index (χ1v) is 1.52. The van der Waals surface area contributed by atoms with Crippen LogP contribution in [-0.4, -0.2) is 28.1 Å². The summed E-state index contributed by atoms with van der Waals surface area (Å²) in [6, 6.07) is 0. The van der Waals surface area contributed by atoms with Crippen LogP contribution in [0.25, 0.3) is 0 Å². The van der Waals surface area contributed by atoms with E-state index in [9.17, 15) is 0 Å². The molecule has 0 saturated carbocycles. The van der Waals surface area contributed by atoms with Gasteiger partial charge in [0.2, 0.25) is 0 Å². The van der Waals surface area contributed by atoms with Crippen molar-refractivity contribution in [3.8, 4) is 0 Å². The maximum absolute atomic E-state index is 7.88. The van der Waals surface area contributed by atoms with E-state index in [0.29, 0.717) is 6.61 Å². The molecular weight excluding hydrogens is 148 g/mol. The van der Waals surface area contributed by atoms with E-state index in [2.05, 4.69) is 0 Å². The molecule has 0 radical (unpaired) electrons. The topological polar surface area (TPSA) is 115 Å². The Morgan fingerprint density at radius 2 is 1.25 bits per heavy atom. The van der Waals surface area contributed by atoms with E-state index in [4.69, 9.17) is 5.11 Å². The maximum Gasteiger partial charge on any atom is 0.0428 e. The molecule has 0 aliphatic rings. The Morgan fingerprint density at radius 1 is 1.12 bits per heavy atom. The Labute approximate surface area is 63.7 Å². The summed E-state index contributed by atoms with van der Waals surface area (Å²) in [4.78, 5) is 0. The van der Waals surface area contributed by atoms with Crippen LogP contribution in [0.2, 0.25) is 0 Å². The largest absolute Gasteiger partial charge is 0.412 e. The van der Waals surface area contributed by atoms with Gasteiger partial charge >= 0.3 is 0 Å². The van der Waals surface area contributed by atoms with E-state index in [1.807, 2.05) is 6.92 Å². The van der Waals surface area contributed by atoms with E-state index in [1.165, 1.54) is 0 Å². The molecule has 0 heterocycles. The van der Waals surface area contributed by atoms with Gasteiger partial charge in [0, 0.05) is 28.3 Å². The van der Waals surface area contributed by atoms with Crippen LogP contribution in [0.3, 0.4) is 0 Å². The fraction of sp³-hybridized carbons (Fsp3) is 1.00. The minimum absolute atomic E-state index is 0. The number of aliphatic hydroxyl groups excluding tert-OH is 1. The van der Waals surface area contributed by atoms with Gasteiger partial charge in [-0.1, -0.05) is 6.92 Å². The molecule has 7 N–H and O–H groups in total. The van der Waals surface area contributed by atoms with Gasteiger partial charge in [-0.15, -0.1) is 0 Å². The van der Waals surface area contributed by atoms with Crippen LogP contribution in [0.5, 0.6) is 0 Å². The molecule has 0 fully saturated rings. The summed E-state index contributed by atoms with van der Waals surface area (Å²) in [7, 11) is 0. The number of hydrogen-bond donors (Lipinski definition) is 1. The van der Waals surface area contributed by atoms with Crippen molar-refractivity contribution in [2.75, 3.05) is 6.61 Å². The maximum atomic E-state index is 7.88. The third-order valence-electron chi connectivity index (χ3n) is 0.224. The van der Waals surface area contributed by atoms with Gasteiger partial charge in [0.25, 0.3) is 0 Å². The van der Waals surface area contributed by atoms with Gasteiger partial charge in [-0.3, -0.25) is 0 Å². The third kappa shape index (κ3) is 83.7. The van der Waals surface area contributed by atoms with Gasteiger partial charge in [0.05, 0.1) is 0 Å². The molecule has 0 atom stereocenters. The van der Waals surface area contributed by atoms with Crippen LogP contribution in [0, 0.1) is 0 Å². The standard InChI is InChI=1S/C3H8O.3H2O.Ti/c1-2-3-4;;;;/h4H,2-3H2,1H3;3*1H2;. The monoisotopic (exact) mass is 162 g/mol. The molecule has 5 heteroatoms. The molecule has 0 rings (SSSR count). The van der Waals surface area contributed by atoms with Crippen LogP contribution in [-0.2, 0) is 21.7 Å². The second-order valence-electron chi connectivity index (χ2n) is 0.724. The first-order chi connectivity index (χ1) is 1.91. The van der Waals surface area contributed by atoms with Gasteiger partial charge in [-0.2, -0.15) is 0 Å². The molecule has 0 amide bonds. The van der Waals surface area contributed by atoms with E-state index >= 15 is 0 Å². The van der Waals surface area contributed by atoms with Crippen molar-refractivity contribution in [2.24, 2.45) is 0 Å². The summed E-state index contributed by atoms with van der Waals surface area (Å²) in [5.41, 5.74) is 0. The smallest absolute Gasteiger partial charge is 0.0428 e. The normalized spacial score (nSPS) is 3.75. The summed E-state index contributed by atoms with van der Waals surface area (Å²) in [6.45, 7) is 2.25. The predicted molar refractivity (Wildman–Crippen MR) is 28.2 cm³/mol. The van der Waals surface area contributed by atoms with Crippen molar-refractivity contribution in [1.82, 2.24) is 0 Å². The Kier molecular flexibility index (Phi) is 240. The SMILES string of the molecule is CCCO.O.O.O.[Ti]. The van der Waals surface area contributed by atoms with Crippen molar-refractivity contribution >= 4 is 0 Å². The molecule has 0 aliphatic heterocycles. The van der Waals surface area contributed by atoms with E-state index in [1.54, 1.807) is 0 Å². The number of hydrogen-bond acceptors (Lipinski definition) is 1. The van der Waals surface area contributed by atoms with Gasteiger partial charge in [-0.05, 0) is 6.42 Å². The molecule has 0 aromatic heterocycles. The van der Waals surface area contributed by atoms with E-state index < -0.39 is 0 Å². The first-order valence-electron chi connectivity index (χ1n) is 1.52. The average molecular weight is 162 g/mol. The summed E-state index contributed by atoms with van der Waals surface area (Å²) in [5.74, 6) is 0. The molecule has 54 valence electrons. The second-order valence-corrected chi connectivity index (χ2v) is 0.724. The minimum atomic E-state index is 0. The first kappa shape index (κ1) is 38.6. The van der Waals surface area contributed by atoms with Crippen molar-refractivity contribution in [3.05, 3.63) is 0 Å². The van der Waals surface area contributed by atoms with Gasteiger partial charge < -0.3 is 21.5 Å². The summed E-state index contributed by atoms with van der Waals surface area (Å²) >= 11 is 0. The van der Waals surface area contributed by atoms with Crippen LogP contribution in [0.15, 0.2) is 0 Å². The zero-order chi connectivity index (χ0) is 3.41. The molecular formula is C3H14O4Ti. The third-order valence-corrected chi connectivity index (χ3v) is 0.224. The fourth-order valence-corrected chi connectivity index (χ4v) is 0. The molecule has 0 spiro atoms. The summed E-state index contributed by atoms with van der Waals surface area (Å²) in [5, 5.41) is 7.88. The molecule has 0 bridgehead atoms. The molecule has 0 aromatic rings. The van der Waals surface area contributed by atoms with Crippen LogP contribution >= 0.6 is 0 Å². The molecule has 0 aliphatic carbocycles. The Hall–Kier alpha value is 0.554. The number of rotatable bonds is 1. The van der Waals surface area contributed by atoms with Crippen molar-refractivity contribution in [3.63, 3.8) is 0 Å². The molecule has 0 aromatic carbocycles. The van der Waals surface area contributed by atoms with Gasteiger partial charge in [-0.25, -0.2) is 0 Å². The van der Waals surface area contributed by atoms with Crippen molar-refractivity contribution in [2.45, 2.75) is 13.3 Å². The fourth-order valence-electron chi connectivity index (χ4n) is 0. The zero-order valence-corrected chi connectivity index (χ0v) is 6.42. The Morgan fingerprint density at radius 3 is 1.25 bits per heavy atom. The Bertz CT molecular complexity index is 13.2. The van der Waals surface area contributed by atoms with E-state index in [-0.39, 0.29) is 38.1 Å².